The van der Waals surface area contributed by atoms with Crippen LogP contribution in [0.3, 0.4) is 0 Å². The van der Waals surface area contributed by atoms with Crippen molar-refractivity contribution in [1.82, 2.24) is 20.0 Å². The predicted molar refractivity (Wildman–Crippen MR) is 111 cm³/mol. The minimum atomic E-state index is 0.0949. The van der Waals surface area contributed by atoms with E-state index in [9.17, 15) is 4.79 Å². The van der Waals surface area contributed by atoms with Crippen molar-refractivity contribution in [1.29, 1.82) is 0 Å². The SMILES string of the molecule is CCC(CNC(=O)N1CCCN(c2ccccc2)CC1)N1CCN(C)CC1. The molecule has 2 aliphatic heterocycles. The number of rotatable bonds is 5. The summed E-state index contributed by atoms with van der Waals surface area (Å²) >= 11 is 0. The van der Waals surface area contributed by atoms with Gasteiger partial charge in [0.25, 0.3) is 0 Å². The van der Waals surface area contributed by atoms with E-state index in [4.69, 9.17) is 0 Å². The Bertz CT molecular complexity index is 573. The maximum atomic E-state index is 12.7. The normalized spacial score (nSPS) is 21.0. The van der Waals surface area contributed by atoms with Gasteiger partial charge < -0.3 is 20.0 Å². The highest BCUT2D eigenvalue weighted by Crippen LogP contribution is 2.16. The van der Waals surface area contributed by atoms with Crippen molar-refractivity contribution in [2.24, 2.45) is 0 Å². The van der Waals surface area contributed by atoms with Gasteiger partial charge in [-0.3, -0.25) is 4.90 Å². The number of hydrogen-bond acceptors (Lipinski definition) is 4. The molecule has 150 valence electrons. The molecule has 0 spiro atoms. The number of carbonyl (C=O) groups is 1. The minimum Gasteiger partial charge on any atom is -0.370 e. The summed E-state index contributed by atoms with van der Waals surface area (Å²) in [6.45, 7) is 10.9. The first kappa shape index (κ1) is 20.0. The van der Waals surface area contributed by atoms with Crippen LogP contribution in [0.2, 0.25) is 0 Å². The van der Waals surface area contributed by atoms with Crippen LogP contribution in [-0.4, -0.2) is 92.7 Å². The van der Waals surface area contributed by atoms with E-state index in [2.05, 4.69) is 58.3 Å². The van der Waals surface area contributed by atoms with Crippen LogP contribution in [0.5, 0.6) is 0 Å². The quantitative estimate of drug-likeness (QED) is 0.856. The van der Waals surface area contributed by atoms with Crippen molar-refractivity contribution in [3.05, 3.63) is 30.3 Å². The molecular weight excluding hydrogens is 338 g/mol. The monoisotopic (exact) mass is 373 g/mol. The Morgan fingerprint density at radius 3 is 2.44 bits per heavy atom. The molecule has 2 fully saturated rings. The number of urea groups is 1. The Balaban J connectivity index is 1.46. The topological polar surface area (TPSA) is 42.1 Å². The van der Waals surface area contributed by atoms with E-state index in [-0.39, 0.29) is 6.03 Å². The van der Waals surface area contributed by atoms with Gasteiger partial charge in [-0.1, -0.05) is 25.1 Å². The Hall–Kier alpha value is -1.79. The fourth-order valence-corrected chi connectivity index (χ4v) is 4.05. The first-order chi connectivity index (χ1) is 13.2. The average molecular weight is 374 g/mol. The molecule has 1 N–H and O–H groups in total. The van der Waals surface area contributed by atoms with Gasteiger partial charge in [0.1, 0.15) is 0 Å². The number of piperazine rings is 1. The van der Waals surface area contributed by atoms with E-state index in [1.54, 1.807) is 0 Å². The van der Waals surface area contributed by atoms with E-state index >= 15 is 0 Å². The van der Waals surface area contributed by atoms with Gasteiger partial charge in [0, 0.05) is 70.6 Å². The highest BCUT2D eigenvalue weighted by atomic mass is 16.2. The summed E-state index contributed by atoms with van der Waals surface area (Å²) in [5.74, 6) is 0. The number of nitrogens with zero attached hydrogens (tertiary/aromatic N) is 4. The molecule has 0 bridgehead atoms. The molecule has 6 nitrogen and oxygen atoms in total. The molecule has 0 aromatic heterocycles. The van der Waals surface area contributed by atoms with E-state index in [0.29, 0.717) is 6.04 Å². The van der Waals surface area contributed by atoms with Crippen molar-refractivity contribution in [2.45, 2.75) is 25.8 Å². The van der Waals surface area contributed by atoms with Gasteiger partial charge in [-0.25, -0.2) is 4.79 Å². The van der Waals surface area contributed by atoms with Crippen molar-refractivity contribution in [3.8, 4) is 0 Å². The van der Waals surface area contributed by atoms with Gasteiger partial charge in [0.05, 0.1) is 0 Å². The maximum absolute atomic E-state index is 12.7. The number of anilines is 1. The second-order valence-corrected chi connectivity index (χ2v) is 7.75. The molecule has 0 aliphatic carbocycles. The Morgan fingerprint density at radius 1 is 1.00 bits per heavy atom. The van der Waals surface area contributed by atoms with Crippen molar-refractivity contribution in [3.63, 3.8) is 0 Å². The summed E-state index contributed by atoms with van der Waals surface area (Å²) in [6, 6.07) is 11.0. The lowest BCUT2D eigenvalue weighted by Crippen LogP contribution is -2.53. The third-order valence-electron chi connectivity index (χ3n) is 5.92. The molecular formula is C21H35N5O. The second kappa shape index (κ2) is 9.95. The average Bonchev–Trinajstić information content (AvgIpc) is 2.96. The van der Waals surface area contributed by atoms with Crippen molar-refractivity contribution < 1.29 is 4.79 Å². The largest absolute Gasteiger partial charge is 0.370 e. The van der Waals surface area contributed by atoms with Crippen LogP contribution < -0.4 is 10.2 Å². The van der Waals surface area contributed by atoms with Crippen LogP contribution in [0.1, 0.15) is 19.8 Å². The number of carbonyl (C=O) groups excluding carboxylic acids is 1. The smallest absolute Gasteiger partial charge is 0.317 e. The van der Waals surface area contributed by atoms with Crippen LogP contribution in [0.15, 0.2) is 30.3 Å². The van der Waals surface area contributed by atoms with Crippen LogP contribution in [0.25, 0.3) is 0 Å². The van der Waals surface area contributed by atoms with Gasteiger partial charge in [-0.05, 0) is 32.0 Å². The number of amides is 2. The van der Waals surface area contributed by atoms with Gasteiger partial charge in [0.2, 0.25) is 0 Å². The maximum Gasteiger partial charge on any atom is 0.317 e. The van der Waals surface area contributed by atoms with E-state index in [1.165, 1.54) is 5.69 Å². The third kappa shape index (κ3) is 5.59. The van der Waals surface area contributed by atoms with Gasteiger partial charge in [-0.2, -0.15) is 0 Å². The number of benzene rings is 1. The molecule has 0 saturated carbocycles. The summed E-state index contributed by atoms with van der Waals surface area (Å²) in [5.41, 5.74) is 1.25. The van der Waals surface area contributed by atoms with Gasteiger partial charge >= 0.3 is 6.03 Å². The van der Waals surface area contributed by atoms with E-state index < -0.39 is 0 Å². The van der Waals surface area contributed by atoms with Crippen LogP contribution in [0.4, 0.5) is 10.5 Å². The predicted octanol–water partition coefficient (Wildman–Crippen LogP) is 1.93. The first-order valence-corrected chi connectivity index (χ1v) is 10.4. The Morgan fingerprint density at radius 2 is 1.74 bits per heavy atom. The summed E-state index contributed by atoms with van der Waals surface area (Å²) in [7, 11) is 2.18. The standard InChI is InChI=1S/C21H35N5O/c1-3-19(25-14-12-23(2)13-15-25)18-22-21(27)26-11-7-10-24(16-17-26)20-8-5-4-6-9-20/h4-6,8-9,19H,3,7,10-18H2,1-2H3,(H,22,27). The molecule has 2 heterocycles. The molecule has 27 heavy (non-hydrogen) atoms. The number of likely N-dealkylation sites (N-methyl/N-ethyl adjacent to an activating group) is 1. The molecule has 2 saturated heterocycles. The molecule has 3 rings (SSSR count). The van der Waals surface area contributed by atoms with E-state index in [0.717, 1.165) is 71.7 Å². The Kier molecular flexibility index (Phi) is 7.35. The van der Waals surface area contributed by atoms with Crippen LogP contribution >= 0.6 is 0 Å². The lowest BCUT2D eigenvalue weighted by Gasteiger charge is -2.38. The lowest BCUT2D eigenvalue weighted by molar-refractivity contribution is 0.107. The fraction of sp³-hybridized carbons (Fsp3) is 0.667. The van der Waals surface area contributed by atoms with Crippen molar-refractivity contribution >= 4 is 11.7 Å². The number of hydrogen-bond donors (Lipinski definition) is 1. The van der Waals surface area contributed by atoms with Crippen LogP contribution in [0, 0.1) is 0 Å². The third-order valence-corrected chi connectivity index (χ3v) is 5.92. The lowest BCUT2D eigenvalue weighted by atomic mass is 10.1. The van der Waals surface area contributed by atoms with Gasteiger partial charge in [0.15, 0.2) is 0 Å². The summed E-state index contributed by atoms with van der Waals surface area (Å²) in [5, 5.41) is 3.21. The summed E-state index contributed by atoms with van der Waals surface area (Å²) < 4.78 is 0. The van der Waals surface area contributed by atoms with E-state index in [1.807, 2.05) is 11.0 Å². The molecule has 2 aliphatic rings. The molecule has 0 radical (unpaired) electrons. The molecule has 1 aromatic carbocycles. The molecule has 6 heteroatoms. The molecule has 1 atom stereocenters. The molecule has 1 unspecified atom stereocenters. The first-order valence-electron chi connectivity index (χ1n) is 10.4. The fourth-order valence-electron chi connectivity index (χ4n) is 4.05. The highest BCUT2D eigenvalue weighted by molar-refractivity contribution is 5.74. The minimum absolute atomic E-state index is 0.0949. The zero-order valence-corrected chi connectivity index (χ0v) is 16.9. The summed E-state index contributed by atoms with van der Waals surface area (Å²) in [4.78, 5) is 22.0. The summed E-state index contributed by atoms with van der Waals surface area (Å²) in [6.07, 6.45) is 2.09. The number of nitrogens with one attached hydrogen (secondary N) is 1. The molecule has 1 aromatic rings. The second-order valence-electron chi connectivity index (χ2n) is 7.75. The number of para-hydroxylation sites is 1. The highest BCUT2D eigenvalue weighted by Gasteiger charge is 2.23. The van der Waals surface area contributed by atoms with Crippen molar-refractivity contribution in [2.75, 3.05) is 70.9 Å². The van der Waals surface area contributed by atoms with Gasteiger partial charge in [-0.15, -0.1) is 0 Å². The Labute approximate surface area is 164 Å². The zero-order valence-electron chi connectivity index (χ0n) is 16.9. The molecule has 2 amide bonds. The zero-order chi connectivity index (χ0) is 19.1. The van der Waals surface area contributed by atoms with Crippen LogP contribution in [-0.2, 0) is 0 Å².